The number of rotatable bonds is 7. The number of nitrogens with zero attached hydrogens (tertiary/aromatic N) is 3. The van der Waals surface area contributed by atoms with Crippen LogP contribution in [0.25, 0.3) is 0 Å². The Labute approximate surface area is 96.9 Å². The van der Waals surface area contributed by atoms with Gasteiger partial charge < -0.3 is 10.4 Å². The van der Waals surface area contributed by atoms with Crippen LogP contribution in [0.3, 0.4) is 0 Å². The van der Waals surface area contributed by atoms with Gasteiger partial charge in [0, 0.05) is 13.1 Å². The van der Waals surface area contributed by atoms with Crippen molar-refractivity contribution in [3.63, 3.8) is 0 Å². The molecule has 1 heterocycles. The van der Waals surface area contributed by atoms with Gasteiger partial charge in [-0.05, 0) is 19.3 Å². The lowest BCUT2D eigenvalue weighted by molar-refractivity contribution is 0.145. The topological polar surface area (TPSA) is 63.0 Å². The second-order valence-corrected chi connectivity index (χ2v) is 4.41. The Morgan fingerprint density at radius 1 is 1.50 bits per heavy atom. The van der Waals surface area contributed by atoms with E-state index in [1.807, 2.05) is 11.6 Å². The molecule has 0 aliphatic heterocycles. The maximum atomic E-state index is 9.67. The highest BCUT2D eigenvalue weighted by Gasteiger charge is 2.07. The Bertz CT molecular complexity index is 298. The van der Waals surface area contributed by atoms with Crippen LogP contribution in [0.1, 0.15) is 33.0 Å². The predicted octanol–water partition coefficient (Wildman–Crippen LogP) is 0.795. The summed E-state index contributed by atoms with van der Waals surface area (Å²) in [5, 5.41) is 16.9. The first-order chi connectivity index (χ1) is 7.63. The Kier molecular flexibility index (Phi) is 5.42. The van der Waals surface area contributed by atoms with Gasteiger partial charge in [0.05, 0.1) is 12.6 Å². The van der Waals surface area contributed by atoms with Gasteiger partial charge in [-0.2, -0.15) is 5.10 Å². The number of aryl methyl sites for hydroxylation is 1. The summed E-state index contributed by atoms with van der Waals surface area (Å²) in [6.45, 7) is 8.34. The molecule has 0 radical (unpaired) electrons. The molecule has 1 rings (SSSR count). The fraction of sp³-hybridized carbons (Fsp3) is 0.818. The third-order valence-corrected chi connectivity index (χ3v) is 2.40. The van der Waals surface area contributed by atoms with Crippen molar-refractivity contribution in [3.05, 3.63) is 12.2 Å². The van der Waals surface area contributed by atoms with Gasteiger partial charge >= 0.3 is 0 Å². The van der Waals surface area contributed by atoms with Crippen LogP contribution < -0.4 is 5.32 Å². The fourth-order valence-electron chi connectivity index (χ4n) is 1.67. The van der Waals surface area contributed by atoms with E-state index < -0.39 is 0 Å². The van der Waals surface area contributed by atoms with Crippen LogP contribution in [0, 0.1) is 5.92 Å². The number of aliphatic hydroxyl groups is 1. The fourth-order valence-corrected chi connectivity index (χ4v) is 1.67. The molecule has 0 saturated carbocycles. The first kappa shape index (κ1) is 13.1. The van der Waals surface area contributed by atoms with Crippen LogP contribution in [0.5, 0.6) is 0 Å². The molecule has 5 heteroatoms. The van der Waals surface area contributed by atoms with Crippen LogP contribution in [-0.2, 0) is 13.1 Å². The van der Waals surface area contributed by atoms with E-state index in [9.17, 15) is 5.11 Å². The van der Waals surface area contributed by atoms with Gasteiger partial charge in [0.2, 0.25) is 0 Å². The Hall–Kier alpha value is -0.940. The molecule has 0 aliphatic carbocycles. The molecule has 1 aromatic rings. The van der Waals surface area contributed by atoms with Gasteiger partial charge in [0.1, 0.15) is 12.2 Å². The Morgan fingerprint density at radius 2 is 2.25 bits per heavy atom. The third-order valence-electron chi connectivity index (χ3n) is 2.40. The number of hydrogen-bond donors (Lipinski definition) is 2. The summed E-state index contributed by atoms with van der Waals surface area (Å²) in [4.78, 5) is 4.15. The first-order valence-electron chi connectivity index (χ1n) is 5.89. The van der Waals surface area contributed by atoms with Crippen molar-refractivity contribution < 1.29 is 5.11 Å². The minimum absolute atomic E-state index is 0.280. The maximum Gasteiger partial charge on any atom is 0.140 e. The molecule has 0 spiro atoms. The molecule has 0 aromatic carbocycles. The van der Waals surface area contributed by atoms with Crippen LogP contribution in [0.4, 0.5) is 0 Å². The van der Waals surface area contributed by atoms with E-state index in [0.29, 0.717) is 19.0 Å². The molecule has 1 aromatic heterocycles. The zero-order valence-electron chi connectivity index (χ0n) is 10.3. The van der Waals surface area contributed by atoms with Crippen molar-refractivity contribution >= 4 is 0 Å². The zero-order valence-corrected chi connectivity index (χ0v) is 10.3. The van der Waals surface area contributed by atoms with E-state index in [-0.39, 0.29) is 6.10 Å². The molecule has 0 saturated heterocycles. The van der Waals surface area contributed by atoms with Gasteiger partial charge in [-0.25, -0.2) is 9.67 Å². The highest BCUT2D eigenvalue weighted by Crippen LogP contribution is 2.03. The molecule has 0 bridgehead atoms. The van der Waals surface area contributed by atoms with Crippen molar-refractivity contribution in [2.75, 3.05) is 6.54 Å². The summed E-state index contributed by atoms with van der Waals surface area (Å²) in [5.74, 6) is 1.44. The summed E-state index contributed by atoms with van der Waals surface area (Å²) in [6.07, 6.45) is 2.11. The zero-order chi connectivity index (χ0) is 12.0. The van der Waals surface area contributed by atoms with Crippen molar-refractivity contribution in [1.82, 2.24) is 20.1 Å². The van der Waals surface area contributed by atoms with E-state index in [1.54, 1.807) is 6.33 Å². The Balaban J connectivity index is 2.25. The number of aromatic nitrogens is 3. The Morgan fingerprint density at radius 3 is 2.88 bits per heavy atom. The molecule has 1 atom stereocenters. The SMILES string of the molecule is CCn1ncnc1CNCC(O)CC(C)C. The molecule has 5 nitrogen and oxygen atoms in total. The lowest BCUT2D eigenvalue weighted by atomic mass is 10.1. The minimum Gasteiger partial charge on any atom is -0.392 e. The number of nitrogens with one attached hydrogen (secondary N) is 1. The highest BCUT2D eigenvalue weighted by molar-refractivity contribution is 4.83. The molecule has 0 fully saturated rings. The molecule has 0 amide bonds. The molecule has 1 unspecified atom stereocenters. The third kappa shape index (κ3) is 4.28. The second kappa shape index (κ2) is 6.60. The molecular formula is C11H22N4O. The van der Waals surface area contributed by atoms with Crippen LogP contribution in [0.2, 0.25) is 0 Å². The largest absolute Gasteiger partial charge is 0.392 e. The number of aliphatic hydroxyl groups excluding tert-OH is 1. The summed E-state index contributed by atoms with van der Waals surface area (Å²) >= 11 is 0. The van der Waals surface area contributed by atoms with Crippen molar-refractivity contribution in [1.29, 1.82) is 0 Å². The van der Waals surface area contributed by atoms with Crippen LogP contribution in [-0.4, -0.2) is 32.5 Å². The van der Waals surface area contributed by atoms with Gasteiger partial charge in [-0.1, -0.05) is 13.8 Å². The van der Waals surface area contributed by atoms with Crippen LogP contribution >= 0.6 is 0 Å². The molecular weight excluding hydrogens is 204 g/mol. The highest BCUT2D eigenvalue weighted by atomic mass is 16.3. The van der Waals surface area contributed by atoms with E-state index in [0.717, 1.165) is 18.8 Å². The lowest BCUT2D eigenvalue weighted by Crippen LogP contribution is -2.28. The summed E-state index contributed by atoms with van der Waals surface area (Å²) < 4.78 is 1.85. The average molecular weight is 226 g/mol. The lowest BCUT2D eigenvalue weighted by Gasteiger charge is -2.13. The summed E-state index contributed by atoms with van der Waals surface area (Å²) in [6, 6.07) is 0. The van der Waals surface area contributed by atoms with E-state index in [4.69, 9.17) is 0 Å². The van der Waals surface area contributed by atoms with Crippen molar-refractivity contribution in [3.8, 4) is 0 Å². The second-order valence-electron chi connectivity index (χ2n) is 4.41. The van der Waals surface area contributed by atoms with Crippen molar-refractivity contribution in [2.45, 2.75) is 46.4 Å². The van der Waals surface area contributed by atoms with Gasteiger partial charge in [-0.3, -0.25) is 0 Å². The molecule has 0 aliphatic rings. The quantitative estimate of drug-likeness (QED) is 0.721. The monoisotopic (exact) mass is 226 g/mol. The van der Waals surface area contributed by atoms with Gasteiger partial charge in [0.15, 0.2) is 0 Å². The van der Waals surface area contributed by atoms with E-state index >= 15 is 0 Å². The van der Waals surface area contributed by atoms with E-state index in [1.165, 1.54) is 0 Å². The van der Waals surface area contributed by atoms with Crippen molar-refractivity contribution in [2.24, 2.45) is 5.92 Å². The standard InChI is InChI=1S/C11H22N4O/c1-4-15-11(13-8-14-15)7-12-6-10(16)5-9(2)3/h8-10,12,16H,4-7H2,1-3H3. The number of hydrogen-bond acceptors (Lipinski definition) is 4. The smallest absolute Gasteiger partial charge is 0.140 e. The summed E-state index contributed by atoms with van der Waals surface area (Å²) in [5.41, 5.74) is 0. The first-order valence-corrected chi connectivity index (χ1v) is 5.89. The van der Waals surface area contributed by atoms with Crippen LogP contribution in [0.15, 0.2) is 6.33 Å². The molecule has 92 valence electrons. The van der Waals surface area contributed by atoms with Gasteiger partial charge in [-0.15, -0.1) is 0 Å². The normalized spacial score (nSPS) is 13.3. The summed E-state index contributed by atoms with van der Waals surface area (Å²) in [7, 11) is 0. The molecule has 2 N–H and O–H groups in total. The van der Waals surface area contributed by atoms with Gasteiger partial charge in [0.25, 0.3) is 0 Å². The maximum absolute atomic E-state index is 9.67. The molecule has 16 heavy (non-hydrogen) atoms. The average Bonchev–Trinajstić information content (AvgIpc) is 2.64. The van der Waals surface area contributed by atoms with E-state index in [2.05, 4.69) is 29.2 Å². The minimum atomic E-state index is -0.280. The predicted molar refractivity (Wildman–Crippen MR) is 62.9 cm³/mol.